The zero-order valence-electron chi connectivity index (χ0n) is 12.7. The molecule has 0 fully saturated rings. The number of nitrogens with one attached hydrogen (secondary N) is 2. The van der Waals surface area contributed by atoms with Crippen LogP contribution in [0.1, 0.15) is 0 Å². The van der Waals surface area contributed by atoms with Crippen molar-refractivity contribution in [2.45, 2.75) is 4.90 Å². The van der Waals surface area contributed by atoms with E-state index in [0.717, 1.165) is 5.56 Å². The Morgan fingerprint density at radius 3 is 2.28 bits per heavy atom. The quantitative estimate of drug-likeness (QED) is 0.471. The van der Waals surface area contributed by atoms with Crippen LogP contribution in [-0.4, -0.2) is 23.5 Å². The molecule has 0 unspecified atom stereocenters. The average Bonchev–Trinajstić information content (AvgIpc) is 3.03. The molecule has 0 radical (unpaired) electrons. The van der Waals surface area contributed by atoms with Crippen molar-refractivity contribution in [1.29, 1.82) is 0 Å². The number of sulfonamides is 1. The van der Waals surface area contributed by atoms with Gasteiger partial charge in [0.15, 0.2) is 0 Å². The topological polar surface area (TPSA) is 144 Å². The van der Waals surface area contributed by atoms with Gasteiger partial charge in [-0.1, -0.05) is 0 Å². The van der Waals surface area contributed by atoms with E-state index in [2.05, 4.69) is 15.5 Å². The SMILES string of the molecule is NS(=O)(=O)c1ccc(Nc2cc(-c3ccc([N+](=O)[O-])cc3)n[nH]2)cc1. The number of benzene rings is 2. The van der Waals surface area contributed by atoms with E-state index in [4.69, 9.17) is 5.14 Å². The standard InChI is InChI=1S/C15H13N5O4S/c16-25(23,24)13-7-3-11(4-8-13)17-15-9-14(18-19-15)10-1-5-12(6-2-10)20(21)22/h1-9H,(H2,16,23,24)(H2,17,18,19). The molecule has 0 spiro atoms. The lowest BCUT2D eigenvalue weighted by Crippen LogP contribution is -2.11. The van der Waals surface area contributed by atoms with Gasteiger partial charge in [0.05, 0.1) is 15.5 Å². The number of aromatic amines is 1. The molecule has 25 heavy (non-hydrogen) atoms. The van der Waals surface area contributed by atoms with Crippen LogP contribution in [0.2, 0.25) is 0 Å². The van der Waals surface area contributed by atoms with Gasteiger partial charge in [-0.15, -0.1) is 0 Å². The molecule has 0 aliphatic rings. The maximum atomic E-state index is 11.2. The second kappa shape index (κ2) is 6.34. The van der Waals surface area contributed by atoms with Crippen molar-refractivity contribution in [1.82, 2.24) is 10.2 Å². The summed E-state index contributed by atoms with van der Waals surface area (Å²) in [4.78, 5) is 10.2. The lowest BCUT2D eigenvalue weighted by atomic mass is 10.1. The van der Waals surface area contributed by atoms with Crippen LogP contribution in [0.4, 0.5) is 17.2 Å². The van der Waals surface area contributed by atoms with Crippen LogP contribution in [0, 0.1) is 10.1 Å². The molecule has 10 heteroatoms. The minimum atomic E-state index is -3.73. The molecule has 9 nitrogen and oxygen atoms in total. The Balaban J connectivity index is 1.76. The molecule has 2 aromatic carbocycles. The molecular weight excluding hydrogens is 346 g/mol. The van der Waals surface area contributed by atoms with Crippen molar-refractivity contribution >= 4 is 27.2 Å². The fourth-order valence-electron chi connectivity index (χ4n) is 2.17. The first-order chi connectivity index (χ1) is 11.8. The Morgan fingerprint density at radius 1 is 1.08 bits per heavy atom. The Kier molecular flexibility index (Phi) is 4.21. The third-order valence-corrected chi connectivity index (χ3v) is 4.34. The summed E-state index contributed by atoms with van der Waals surface area (Å²) >= 11 is 0. The number of primary sulfonamides is 1. The second-order valence-corrected chi connectivity index (χ2v) is 6.73. The molecule has 3 aromatic rings. The predicted octanol–water partition coefficient (Wildman–Crippen LogP) is 2.38. The van der Waals surface area contributed by atoms with Crippen molar-refractivity contribution in [2.24, 2.45) is 5.14 Å². The van der Waals surface area contributed by atoms with Crippen LogP contribution < -0.4 is 10.5 Å². The molecule has 1 heterocycles. The number of anilines is 2. The molecule has 0 aliphatic carbocycles. The van der Waals surface area contributed by atoms with Gasteiger partial charge in [-0.2, -0.15) is 5.10 Å². The predicted molar refractivity (Wildman–Crippen MR) is 91.8 cm³/mol. The van der Waals surface area contributed by atoms with E-state index >= 15 is 0 Å². The van der Waals surface area contributed by atoms with E-state index in [1.807, 2.05) is 0 Å². The molecule has 0 bridgehead atoms. The van der Waals surface area contributed by atoms with Gasteiger partial charge in [0.1, 0.15) is 5.82 Å². The zero-order valence-corrected chi connectivity index (χ0v) is 13.5. The van der Waals surface area contributed by atoms with E-state index in [1.54, 1.807) is 30.3 Å². The van der Waals surface area contributed by atoms with Crippen LogP contribution in [0.25, 0.3) is 11.3 Å². The van der Waals surface area contributed by atoms with Gasteiger partial charge in [-0.25, -0.2) is 13.6 Å². The number of nitrogens with zero attached hydrogens (tertiary/aromatic N) is 2. The molecule has 0 aliphatic heterocycles. The smallest absolute Gasteiger partial charge is 0.269 e. The third-order valence-electron chi connectivity index (χ3n) is 3.41. The van der Waals surface area contributed by atoms with E-state index in [9.17, 15) is 18.5 Å². The van der Waals surface area contributed by atoms with Gasteiger partial charge in [0, 0.05) is 29.4 Å². The van der Waals surface area contributed by atoms with Crippen LogP contribution in [0.5, 0.6) is 0 Å². The third kappa shape index (κ3) is 3.82. The van der Waals surface area contributed by atoms with Crippen LogP contribution in [-0.2, 0) is 10.0 Å². The fraction of sp³-hybridized carbons (Fsp3) is 0. The number of H-pyrrole nitrogens is 1. The minimum absolute atomic E-state index is 0.00702. The van der Waals surface area contributed by atoms with Crippen molar-refractivity contribution < 1.29 is 13.3 Å². The molecule has 0 saturated heterocycles. The lowest BCUT2D eigenvalue weighted by molar-refractivity contribution is -0.384. The summed E-state index contributed by atoms with van der Waals surface area (Å²) in [5.41, 5.74) is 1.98. The van der Waals surface area contributed by atoms with E-state index < -0.39 is 14.9 Å². The molecule has 0 saturated carbocycles. The Hall–Kier alpha value is -3.24. The normalized spacial score (nSPS) is 11.2. The summed E-state index contributed by atoms with van der Waals surface area (Å²) in [6.07, 6.45) is 0. The number of nitrogens with two attached hydrogens (primary N) is 1. The van der Waals surface area contributed by atoms with E-state index in [0.29, 0.717) is 17.2 Å². The summed E-state index contributed by atoms with van der Waals surface area (Å²) in [5.74, 6) is 0.580. The summed E-state index contributed by atoms with van der Waals surface area (Å²) < 4.78 is 22.5. The molecule has 0 amide bonds. The summed E-state index contributed by atoms with van der Waals surface area (Å²) in [6.45, 7) is 0. The molecule has 4 N–H and O–H groups in total. The maximum absolute atomic E-state index is 11.2. The largest absolute Gasteiger partial charge is 0.341 e. The first kappa shape index (κ1) is 16.6. The number of nitro benzene ring substituents is 1. The van der Waals surface area contributed by atoms with Crippen molar-refractivity contribution in [3.05, 3.63) is 64.7 Å². The number of non-ortho nitro benzene ring substituents is 1. The summed E-state index contributed by atoms with van der Waals surface area (Å²) in [7, 11) is -3.73. The fourth-order valence-corrected chi connectivity index (χ4v) is 2.69. The molecule has 0 atom stereocenters. The summed E-state index contributed by atoms with van der Waals surface area (Å²) in [5, 5.41) is 25.7. The first-order valence-corrected chi connectivity index (χ1v) is 8.58. The average molecular weight is 359 g/mol. The number of nitro groups is 1. The van der Waals surface area contributed by atoms with Gasteiger partial charge in [0.2, 0.25) is 10.0 Å². The Bertz CT molecular complexity index is 1010. The summed E-state index contributed by atoms with van der Waals surface area (Å²) in [6, 6.07) is 13.7. The Labute approximate surface area is 142 Å². The van der Waals surface area contributed by atoms with Crippen molar-refractivity contribution in [2.75, 3.05) is 5.32 Å². The highest BCUT2D eigenvalue weighted by atomic mass is 32.2. The maximum Gasteiger partial charge on any atom is 0.269 e. The highest BCUT2D eigenvalue weighted by molar-refractivity contribution is 7.89. The molecule has 3 rings (SSSR count). The van der Waals surface area contributed by atoms with Crippen molar-refractivity contribution in [3.63, 3.8) is 0 Å². The number of hydrogen-bond acceptors (Lipinski definition) is 6. The molecule has 1 aromatic heterocycles. The van der Waals surface area contributed by atoms with Gasteiger partial charge in [-0.3, -0.25) is 15.2 Å². The highest BCUT2D eigenvalue weighted by Crippen LogP contribution is 2.24. The highest BCUT2D eigenvalue weighted by Gasteiger charge is 2.09. The molecular formula is C15H13N5O4S. The first-order valence-electron chi connectivity index (χ1n) is 7.03. The lowest BCUT2D eigenvalue weighted by Gasteiger charge is -2.04. The van der Waals surface area contributed by atoms with Crippen molar-refractivity contribution in [3.8, 4) is 11.3 Å². The Morgan fingerprint density at radius 2 is 1.72 bits per heavy atom. The monoisotopic (exact) mass is 359 g/mol. The van der Waals surface area contributed by atoms with Gasteiger partial charge in [-0.05, 0) is 36.4 Å². The number of hydrogen-bond donors (Lipinski definition) is 3. The van der Waals surface area contributed by atoms with Crippen LogP contribution in [0.3, 0.4) is 0 Å². The molecule has 128 valence electrons. The van der Waals surface area contributed by atoms with E-state index in [-0.39, 0.29) is 10.6 Å². The number of aromatic nitrogens is 2. The van der Waals surface area contributed by atoms with Crippen LogP contribution >= 0.6 is 0 Å². The zero-order chi connectivity index (χ0) is 18.0. The van der Waals surface area contributed by atoms with Crippen LogP contribution in [0.15, 0.2) is 59.5 Å². The van der Waals surface area contributed by atoms with Gasteiger partial charge < -0.3 is 5.32 Å². The van der Waals surface area contributed by atoms with Gasteiger partial charge >= 0.3 is 0 Å². The minimum Gasteiger partial charge on any atom is -0.341 e. The van der Waals surface area contributed by atoms with Gasteiger partial charge in [0.25, 0.3) is 5.69 Å². The van der Waals surface area contributed by atoms with E-state index in [1.165, 1.54) is 24.3 Å². The number of rotatable bonds is 5. The second-order valence-electron chi connectivity index (χ2n) is 5.17.